The maximum absolute atomic E-state index is 13.3. The summed E-state index contributed by atoms with van der Waals surface area (Å²) in [6.45, 7) is 3.96. The molecule has 0 saturated heterocycles. The number of halogens is 3. The van der Waals surface area contributed by atoms with Gasteiger partial charge in [0.15, 0.2) is 9.84 Å². The van der Waals surface area contributed by atoms with E-state index in [1.807, 2.05) is 13.8 Å². The van der Waals surface area contributed by atoms with Crippen molar-refractivity contribution >= 4 is 9.84 Å². The molecule has 29 heavy (non-hydrogen) atoms. The first-order chi connectivity index (χ1) is 13.6. The van der Waals surface area contributed by atoms with Crippen molar-refractivity contribution in [2.75, 3.05) is 5.75 Å². The van der Waals surface area contributed by atoms with Gasteiger partial charge >= 0.3 is 6.18 Å². The molecule has 2 unspecified atom stereocenters. The summed E-state index contributed by atoms with van der Waals surface area (Å²) in [5, 5.41) is 3.47. The third-order valence-corrected chi connectivity index (χ3v) is 7.69. The quantitative estimate of drug-likeness (QED) is 0.687. The van der Waals surface area contributed by atoms with Gasteiger partial charge in [-0.3, -0.25) is 5.32 Å². The Morgan fingerprint density at radius 2 is 1.83 bits per heavy atom. The molecule has 0 saturated carbocycles. The highest BCUT2D eigenvalue weighted by Gasteiger charge is 2.42. The lowest BCUT2D eigenvalue weighted by molar-refractivity contribution is -0.137. The monoisotopic (exact) mass is 425 g/mol. The summed E-state index contributed by atoms with van der Waals surface area (Å²) in [4.78, 5) is 0.196. The van der Waals surface area contributed by atoms with E-state index in [1.54, 1.807) is 30.3 Å². The topological polar surface area (TPSA) is 46.2 Å². The molecule has 1 heterocycles. The Labute approximate surface area is 170 Å². The predicted octanol–water partition coefficient (Wildman–Crippen LogP) is 5.51. The molecular formula is C22H26F3NO2S. The molecule has 1 N–H and O–H groups in total. The minimum Gasteiger partial charge on any atom is -0.300 e. The second-order valence-corrected chi connectivity index (χ2v) is 9.69. The van der Waals surface area contributed by atoms with E-state index in [2.05, 4.69) is 5.32 Å². The van der Waals surface area contributed by atoms with Crippen LogP contribution in [0, 0.1) is 0 Å². The van der Waals surface area contributed by atoms with Gasteiger partial charge in [-0.1, -0.05) is 57.0 Å². The van der Waals surface area contributed by atoms with Crippen LogP contribution < -0.4 is 5.32 Å². The van der Waals surface area contributed by atoms with Gasteiger partial charge in [0.1, 0.15) is 0 Å². The van der Waals surface area contributed by atoms with E-state index < -0.39 is 33.2 Å². The van der Waals surface area contributed by atoms with E-state index in [9.17, 15) is 21.6 Å². The van der Waals surface area contributed by atoms with Crippen molar-refractivity contribution in [3.63, 3.8) is 0 Å². The minimum atomic E-state index is -4.46. The van der Waals surface area contributed by atoms with Crippen molar-refractivity contribution < 1.29 is 21.6 Å². The summed E-state index contributed by atoms with van der Waals surface area (Å²) in [5.41, 5.74) is -0.526. The van der Waals surface area contributed by atoms with Crippen LogP contribution in [0.2, 0.25) is 0 Å². The fourth-order valence-electron chi connectivity index (χ4n) is 4.07. The summed E-state index contributed by atoms with van der Waals surface area (Å²) in [5.74, 6) is -0.0665. The number of sulfone groups is 1. The smallest absolute Gasteiger partial charge is 0.300 e. The first kappa shape index (κ1) is 21.8. The Balaban J connectivity index is 2.20. The van der Waals surface area contributed by atoms with Gasteiger partial charge in [-0.15, -0.1) is 0 Å². The number of benzene rings is 2. The van der Waals surface area contributed by atoms with Crippen molar-refractivity contribution in [2.24, 2.45) is 0 Å². The Morgan fingerprint density at radius 1 is 1.10 bits per heavy atom. The Morgan fingerprint density at radius 3 is 2.48 bits per heavy atom. The van der Waals surface area contributed by atoms with Gasteiger partial charge in [0.05, 0.1) is 22.3 Å². The average molecular weight is 426 g/mol. The second kappa shape index (κ2) is 8.11. The number of fused-ring (bicyclic) bond motifs is 1. The molecule has 0 fully saturated rings. The van der Waals surface area contributed by atoms with Crippen molar-refractivity contribution in [3.05, 3.63) is 65.2 Å². The second-order valence-electron chi connectivity index (χ2n) is 7.73. The standard InChI is InChI=1S/C22H26F3NO2S/c1-3-5-13-21(4-2)15-29(27,28)19-12-7-6-11-18(19)20(26-21)16-9-8-10-17(14-16)22(23,24)25/h6-12,14,20,26H,3-5,13,15H2,1-2H3. The van der Waals surface area contributed by atoms with E-state index >= 15 is 0 Å². The number of nitrogens with one attached hydrogen (secondary N) is 1. The summed E-state index contributed by atoms with van der Waals surface area (Å²) in [6, 6.07) is 11.1. The maximum Gasteiger partial charge on any atom is 0.416 e. The van der Waals surface area contributed by atoms with Gasteiger partial charge < -0.3 is 0 Å². The molecule has 158 valence electrons. The van der Waals surface area contributed by atoms with E-state index in [0.29, 0.717) is 24.0 Å². The number of alkyl halides is 3. The third-order valence-electron chi connectivity index (χ3n) is 5.71. The molecule has 1 aliphatic rings. The summed E-state index contributed by atoms with van der Waals surface area (Å²) in [7, 11) is -3.59. The van der Waals surface area contributed by atoms with Gasteiger partial charge in [-0.05, 0) is 42.2 Å². The zero-order valence-electron chi connectivity index (χ0n) is 16.6. The van der Waals surface area contributed by atoms with Crippen LogP contribution in [0.5, 0.6) is 0 Å². The van der Waals surface area contributed by atoms with Crippen LogP contribution in [-0.2, 0) is 16.0 Å². The molecular weight excluding hydrogens is 399 g/mol. The molecule has 1 aliphatic heterocycles. The van der Waals surface area contributed by atoms with E-state index in [0.717, 1.165) is 25.0 Å². The maximum atomic E-state index is 13.3. The zero-order valence-corrected chi connectivity index (χ0v) is 17.4. The molecule has 3 nitrogen and oxygen atoms in total. The first-order valence-corrected chi connectivity index (χ1v) is 11.5. The SMILES string of the molecule is CCCCC1(CC)CS(=O)(=O)c2ccccc2C(c2cccc(C(F)(F)F)c2)N1. The van der Waals surface area contributed by atoms with Crippen molar-refractivity contribution in [1.82, 2.24) is 5.32 Å². The Bertz CT molecular complexity index is 972. The molecule has 7 heteroatoms. The van der Waals surface area contributed by atoms with Gasteiger partial charge in [0, 0.05) is 5.54 Å². The number of unbranched alkanes of at least 4 members (excludes halogenated alkanes) is 1. The molecule has 0 aromatic heterocycles. The van der Waals surface area contributed by atoms with Gasteiger partial charge in [0.25, 0.3) is 0 Å². The fraction of sp³-hybridized carbons (Fsp3) is 0.455. The van der Waals surface area contributed by atoms with Crippen molar-refractivity contribution in [3.8, 4) is 0 Å². The molecule has 2 aromatic carbocycles. The predicted molar refractivity (Wildman–Crippen MR) is 107 cm³/mol. The van der Waals surface area contributed by atoms with Crippen LogP contribution in [0.15, 0.2) is 53.4 Å². The highest BCUT2D eigenvalue weighted by atomic mass is 32.2. The van der Waals surface area contributed by atoms with Crippen LogP contribution in [0.25, 0.3) is 0 Å². The summed E-state index contributed by atoms with van der Waals surface area (Å²) >= 11 is 0. The van der Waals surface area contributed by atoms with Crippen LogP contribution in [0.1, 0.15) is 62.3 Å². The van der Waals surface area contributed by atoms with Gasteiger partial charge in [-0.2, -0.15) is 13.2 Å². The lowest BCUT2D eigenvalue weighted by Gasteiger charge is -2.36. The van der Waals surface area contributed by atoms with E-state index in [4.69, 9.17) is 0 Å². The van der Waals surface area contributed by atoms with E-state index in [-0.39, 0.29) is 10.6 Å². The van der Waals surface area contributed by atoms with Crippen LogP contribution in [-0.4, -0.2) is 19.7 Å². The van der Waals surface area contributed by atoms with Crippen molar-refractivity contribution in [2.45, 2.75) is 62.2 Å². The molecule has 0 aliphatic carbocycles. The summed E-state index contributed by atoms with van der Waals surface area (Å²) < 4.78 is 66.3. The highest BCUT2D eigenvalue weighted by molar-refractivity contribution is 7.91. The molecule has 0 amide bonds. The van der Waals surface area contributed by atoms with Gasteiger partial charge in [0.2, 0.25) is 0 Å². The van der Waals surface area contributed by atoms with Crippen LogP contribution >= 0.6 is 0 Å². The minimum absolute atomic E-state index is 0.0665. The molecule has 0 spiro atoms. The van der Waals surface area contributed by atoms with Gasteiger partial charge in [-0.25, -0.2) is 8.42 Å². The Hall–Kier alpha value is -1.86. The molecule has 0 radical (unpaired) electrons. The Kier molecular flexibility index (Phi) is 6.11. The number of hydrogen-bond acceptors (Lipinski definition) is 3. The average Bonchev–Trinajstić information content (AvgIpc) is 2.79. The fourth-order valence-corrected chi connectivity index (χ4v) is 6.21. The number of hydrogen-bond donors (Lipinski definition) is 1. The lowest BCUT2D eigenvalue weighted by atomic mass is 9.87. The van der Waals surface area contributed by atoms with Crippen LogP contribution in [0.4, 0.5) is 13.2 Å². The first-order valence-electron chi connectivity index (χ1n) is 9.88. The molecule has 2 atom stereocenters. The molecule has 2 aromatic rings. The lowest BCUT2D eigenvalue weighted by Crippen LogP contribution is -2.50. The number of rotatable bonds is 5. The molecule has 3 rings (SSSR count). The van der Waals surface area contributed by atoms with Crippen LogP contribution in [0.3, 0.4) is 0 Å². The molecule has 0 bridgehead atoms. The normalized spacial score (nSPS) is 24.0. The highest BCUT2D eigenvalue weighted by Crippen LogP contribution is 2.39. The largest absolute Gasteiger partial charge is 0.416 e. The van der Waals surface area contributed by atoms with Crippen molar-refractivity contribution in [1.29, 1.82) is 0 Å². The summed E-state index contributed by atoms with van der Waals surface area (Å²) in [6.07, 6.45) is -1.51. The third kappa shape index (κ3) is 4.51. The zero-order chi connectivity index (χ0) is 21.3. The van der Waals surface area contributed by atoms with E-state index in [1.165, 1.54) is 6.07 Å².